The van der Waals surface area contributed by atoms with Gasteiger partial charge in [-0.05, 0) is 65.5 Å². The largest absolute Gasteiger partial charge is 0.315 e. The molecule has 5 aromatic rings. The van der Waals surface area contributed by atoms with Gasteiger partial charge in [0, 0.05) is 36.3 Å². The number of carbonyl (C=O) groups is 1. The number of nitrogens with one attached hydrogen (secondary N) is 2. The van der Waals surface area contributed by atoms with Gasteiger partial charge in [0.2, 0.25) is 0 Å². The molecule has 1 aliphatic rings. The number of nitrogens with zero attached hydrogens (tertiary/aromatic N) is 8. The smallest absolute Gasteiger partial charge is 0.262 e. The summed E-state index contributed by atoms with van der Waals surface area (Å²) in [5.74, 6) is -0.0477. The van der Waals surface area contributed by atoms with E-state index in [9.17, 15) is 4.79 Å². The summed E-state index contributed by atoms with van der Waals surface area (Å²) in [6, 6.07) is 11.9. The minimum Gasteiger partial charge on any atom is -0.315 e. The third-order valence-corrected chi connectivity index (χ3v) is 6.54. The van der Waals surface area contributed by atoms with Crippen LogP contribution in [0.3, 0.4) is 0 Å². The van der Waals surface area contributed by atoms with Crippen LogP contribution in [0, 0.1) is 5.82 Å². The molecule has 4 heterocycles. The van der Waals surface area contributed by atoms with Gasteiger partial charge in [0.05, 0.1) is 17.8 Å². The van der Waals surface area contributed by atoms with E-state index >= 15 is 4.39 Å². The van der Waals surface area contributed by atoms with Crippen molar-refractivity contribution in [1.82, 2.24) is 45.9 Å². The molecule has 37 heavy (non-hydrogen) atoms. The topological polar surface area (TPSA) is 130 Å². The van der Waals surface area contributed by atoms with Gasteiger partial charge in [0.25, 0.3) is 5.91 Å². The number of piperidine rings is 1. The molecule has 186 valence electrons. The quantitative estimate of drug-likeness (QED) is 0.378. The van der Waals surface area contributed by atoms with E-state index in [1.54, 1.807) is 35.1 Å². The van der Waals surface area contributed by atoms with Crippen LogP contribution in [0.2, 0.25) is 0 Å². The number of hydrogen-bond donors (Lipinski definition) is 2. The molecule has 11 nitrogen and oxygen atoms in total. The van der Waals surface area contributed by atoms with Crippen molar-refractivity contribution in [3.63, 3.8) is 0 Å². The maximum Gasteiger partial charge on any atom is 0.262 e. The van der Waals surface area contributed by atoms with Crippen molar-refractivity contribution < 1.29 is 9.18 Å². The van der Waals surface area contributed by atoms with E-state index in [1.165, 1.54) is 12.1 Å². The number of aryl methyl sites for hydroxylation is 1. The number of fused-ring (bicyclic) bond motifs is 1. The molecule has 0 bridgehead atoms. The number of H-pyrrole nitrogens is 1. The molecule has 2 N–H and O–H groups in total. The fourth-order valence-corrected chi connectivity index (χ4v) is 4.73. The number of pyridine rings is 1. The fourth-order valence-electron chi connectivity index (χ4n) is 4.73. The van der Waals surface area contributed by atoms with Crippen molar-refractivity contribution in [3.8, 4) is 22.6 Å². The van der Waals surface area contributed by atoms with Crippen LogP contribution in [0.4, 0.5) is 10.2 Å². The number of benzene rings is 2. The number of halogens is 1. The number of anilines is 1. The highest BCUT2D eigenvalue weighted by molar-refractivity contribution is 6.10. The Bertz CT molecular complexity index is 1580. The second kappa shape index (κ2) is 9.47. The maximum atomic E-state index is 15.4. The Morgan fingerprint density at radius 2 is 2.03 bits per heavy atom. The van der Waals surface area contributed by atoms with Crippen molar-refractivity contribution in [3.05, 3.63) is 66.2 Å². The van der Waals surface area contributed by atoms with Gasteiger partial charge in [0.1, 0.15) is 17.3 Å². The SMILES string of the molecule is Cn1cc(-c2ccc(C(=O)N(c3nccc4cc(-c5nnn[nH]5)ccc34)[C@@H]3CCCNC3)c(F)c2)nn1. The number of aromatic nitrogens is 8. The van der Waals surface area contributed by atoms with Crippen LogP contribution >= 0.6 is 0 Å². The summed E-state index contributed by atoms with van der Waals surface area (Å²) in [6.07, 6.45) is 5.03. The zero-order chi connectivity index (χ0) is 25.4. The van der Waals surface area contributed by atoms with Crippen molar-refractivity contribution in [2.45, 2.75) is 18.9 Å². The summed E-state index contributed by atoms with van der Waals surface area (Å²) < 4.78 is 16.9. The zero-order valence-electron chi connectivity index (χ0n) is 20.0. The normalized spacial score (nSPS) is 15.7. The van der Waals surface area contributed by atoms with Crippen molar-refractivity contribution >= 4 is 22.5 Å². The van der Waals surface area contributed by atoms with E-state index in [0.29, 0.717) is 29.4 Å². The number of aromatic amines is 1. The Morgan fingerprint density at radius 1 is 1.14 bits per heavy atom. The molecule has 0 unspecified atom stereocenters. The fraction of sp³-hybridized carbons (Fsp3) is 0.240. The summed E-state index contributed by atoms with van der Waals surface area (Å²) in [5, 5.41) is 26.9. The number of tetrazole rings is 1. The van der Waals surface area contributed by atoms with Gasteiger partial charge in [0.15, 0.2) is 5.82 Å². The van der Waals surface area contributed by atoms with Gasteiger partial charge in [-0.15, -0.1) is 10.2 Å². The molecule has 0 saturated carbocycles. The summed E-state index contributed by atoms with van der Waals surface area (Å²) in [6.45, 7) is 1.46. The van der Waals surface area contributed by atoms with Gasteiger partial charge in [-0.1, -0.05) is 17.3 Å². The number of hydrogen-bond acceptors (Lipinski definition) is 8. The first-order valence-electron chi connectivity index (χ1n) is 11.9. The molecule has 2 aromatic carbocycles. The predicted molar refractivity (Wildman–Crippen MR) is 134 cm³/mol. The molecule has 3 aromatic heterocycles. The Hall–Kier alpha value is -4.58. The van der Waals surface area contributed by atoms with E-state index in [-0.39, 0.29) is 11.6 Å². The molecule has 0 aliphatic carbocycles. The van der Waals surface area contributed by atoms with E-state index < -0.39 is 11.7 Å². The first-order chi connectivity index (χ1) is 18.1. The van der Waals surface area contributed by atoms with Crippen LogP contribution < -0.4 is 10.2 Å². The van der Waals surface area contributed by atoms with Crippen LogP contribution in [0.5, 0.6) is 0 Å². The van der Waals surface area contributed by atoms with E-state index in [4.69, 9.17) is 0 Å². The zero-order valence-corrected chi connectivity index (χ0v) is 20.0. The first kappa shape index (κ1) is 22.9. The third kappa shape index (κ3) is 4.31. The van der Waals surface area contributed by atoms with Crippen LogP contribution in [-0.4, -0.2) is 65.6 Å². The summed E-state index contributed by atoms with van der Waals surface area (Å²) in [5.41, 5.74) is 1.85. The minimum absolute atomic E-state index is 0.0265. The third-order valence-electron chi connectivity index (χ3n) is 6.54. The number of carbonyl (C=O) groups excluding carboxylic acids is 1. The molecule has 1 amide bonds. The molecule has 1 fully saturated rings. The Balaban J connectivity index is 1.42. The van der Waals surface area contributed by atoms with Crippen LogP contribution in [0.1, 0.15) is 23.2 Å². The lowest BCUT2D eigenvalue weighted by Gasteiger charge is -2.34. The van der Waals surface area contributed by atoms with Crippen LogP contribution in [0.25, 0.3) is 33.4 Å². The lowest BCUT2D eigenvalue weighted by molar-refractivity contribution is 0.0968. The molecule has 1 saturated heterocycles. The Kier molecular flexibility index (Phi) is 5.85. The highest BCUT2D eigenvalue weighted by Crippen LogP contribution is 2.32. The molecule has 1 aliphatic heterocycles. The lowest BCUT2D eigenvalue weighted by atomic mass is 10.0. The number of rotatable bonds is 5. The monoisotopic (exact) mass is 498 g/mol. The summed E-state index contributed by atoms with van der Waals surface area (Å²) in [7, 11) is 1.74. The Labute approximate surface area is 210 Å². The molecule has 1 atom stereocenters. The van der Waals surface area contributed by atoms with Gasteiger partial charge < -0.3 is 5.32 Å². The lowest BCUT2D eigenvalue weighted by Crippen LogP contribution is -2.49. The van der Waals surface area contributed by atoms with Crippen molar-refractivity contribution in [2.24, 2.45) is 7.05 Å². The molecule has 0 radical (unpaired) electrons. The predicted octanol–water partition coefficient (Wildman–Crippen LogP) is 2.75. The van der Waals surface area contributed by atoms with Crippen molar-refractivity contribution in [1.29, 1.82) is 0 Å². The molecular weight excluding hydrogens is 475 g/mol. The molecule has 12 heteroatoms. The van der Waals surface area contributed by atoms with Gasteiger partial charge in [-0.2, -0.15) is 0 Å². The van der Waals surface area contributed by atoms with Crippen LogP contribution in [0.15, 0.2) is 54.9 Å². The number of amides is 1. The molecular formula is C25H23FN10O. The second-order valence-corrected chi connectivity index (χ2v) is 8.97. The Morgan fingerprint density at radius 3 is 2.76 bits per heavy atom. The average molecular weight is 499 g/mol. The van der Waals surface area contributed by atoms with Gasteiger partial charge in [-0.3, -0.25) is 14.4 Å². The van der Waals surface area contributed by atoms with Crippen LogP contribution in [-0.2, 0) is 7.05 Å². The molecule has 6 rings (SSSR count). The highest BCUT2D eigenvalue weighted by Gasteiger charge is 2.31. The first-order valence-corrected chi connectivity index (χ1v) is 11.9. The van der Waals surface area contributed by atoms with Crippen molar-refractivity contribution in [2.75, 3.05) is 18.0 Å². The maximum absolute atomic E-state index is 15.4. The second-order valence-electron chi connectivity index (χ2n) is 8.97. The average Bonchev–Trinajstić information content (AvgIpc) is 3.61. The standard InChI is InChI=1S/C25H23FN10O/c1-35-14-22(29-34-35)16-4-7-20(21(26)12-16)25(37)36(18-3-2-9-27-13-18)24-19-6-5-17(23-30-32-33-31-23)11-15(19)8-10-28-24/h4-8,10-12,14,18,27H,2-3,9,13H2,1H3,(H,30,31,32,33)/t18-/m1/s1. The van der Waals surface area contributed by atoms with E-state index in [2.05, 4.69) is 41.2 Å². The van der Waals surface area contributed by atoms with Gasteiger partial charge >= 0.3 is 0 Å². The molecule has 0 spiro atoms. The minimum atomic E-state index is -0.623. The highest BCUT2D eigenvalue weighted by atomic mass is 19.1. The van der Waals surface area contributed by atoms with Gasteiger partial charge in [-0.25, -0.2) is 14.5 Å². The summed E-state index contributed by atoms with van der Waals surface area (Å²) >= 11 is 0. The van der Waals surface area contributed by atoms with E-state index in [0.717, 1.165) is 35.7 Å². The summed E-state index contributed by atoms with van der Waals surface area (Å²) in [4.78, 5) is 20.2. The van der Waals surface area contributed by atoms with E-state index in [1.807, 2.05) is 24.3 Å².